The molecule has 2 aromatic heterocycles. The number of hydrogen-bond acceptors (Lipinski definition) is 8. The normalized spacial score (nSPS) is 12.0. The Balaban J connectivity index is 1.98. The summed E-state index contributed by atoms with van der Waals surface area (Å²) in [5.74, 6) is 0.160. The topological polar surface area (TPSA) is 134 Å². The zero-order chi connectivity index (χ0) is 18.7. The third-order valence-electron chi connectivity index (χ3n) is 3.24. The van der Waals surface area contributed by atoms with Gasteiger partial charge in [-0.15, -0.1) is 10.2 Å². The van der Waals surface area contributed by atoms with E-state index in [1.54, 1.807) is 39.1 Å². The van der Waals surface area contributed by atoms with E-state index in [-0.39, 0.29) is 11.4 Å². The number of ether oxygens (including phenoxy) is 1. The summed E-state index contributed by atoms with van der Waals surface area (Å²) in [6.07, 6.45) is 2.41. The Morgan fingerprint density at radius 2 is 2.23 bits per heavy atom. The summed E-state index contributed by atoms with van der Waals surface area (Å²) in [7, 11) is 0. The number of aromatic nitrogens is 6. The highest BCUT2D eigenvalue weighted by Gasteiger charge is 2.21. The average molecular weight is 352 g/mol. The van der Waals surface area contributed by atoms with E-state index in [0.717, 1.165) is 5.39 Å². The number of nitriles is 1. The molecule has 2 N–H and O–H groups in total. The maximum atomic E-state index is 12.4. The van der Waals surface area contributed by atoms with E-state index < -0.39 is 11.7 Å². The van der Waals surface area contributed by atoms with Gasteiger partial charge in [-0.25, -0.2) is 4.79 Å². The van der Waals surface area contributed by atoms with Crippen LogP contribution in [0.2, 0.25) is 0 Å². The standard InChI is InChI=1S/C16H16N8O2/c1-16(2,3)26-15(25)24-13-10(9-19-24)5-4-6-12(13)18-8-11(7-17)14-20-22-23-21-14/h4-6,8-9,18H,1-3H3,(H,20,21,22,23). The summed E-state index contributed by atoms with van der Waals surface area (Å²) < 4.78 is 6.56. The van der Waals surface area contributed by atoms with Crippen LogP contribution < -0.4 is 5.32 Å². The molecule has 2 heterocycles. The molecule has 0 saturated heterocycles. The smallest absolute Gasteiger partial charge is 0.435 e. The zero-order valence-corrected chi connectivity index (χ0v) is 14.4. The fourth-order valence-electron chi connectivity index (χ4n) is 2.21. The summed E-state index contributed by atoms with van der Waals surface area (Å²) >= 11 is 0. The number of hydrogen-bond donors (Lipinski definition) is 2. The van der Waals surface area contributed by atoms with Gasteiger partial charge < -0.3 is 10.1 Å². The number of benzene rings is 1. The summed E-state index contributed by atoms with van der Waals surface area (Å²) in [5, 5.41) is 30.4. The van der Waals surface area contributed by atoms with Crippen molar-refractivity contribution >= 4 is 28.3 Å². The molecule has 0 aliphatic heterocycles. The molecule has 0 unspecified atom stereocenters. The van der Waals surface area contributed by atoms with Gasteiger partial charge in [0, 0.05) is 11.6 Å². The van der Waals surface area contributed by atoms with Crippen molar-refractivity contribution in [3.05, 3.63) is 36.4 Å². The Morgan fingerprint density at radius 3 is 2.88 bits per heavy atom. The number of nitrogens with zero attached hydrogens (tertiary/aromatic N) is 6. The lowest BCUT2D eigenvalue weighted by atomic mass is 10.2. The number of aromatic amines is 1. The number of H-pyrrole nitrogens is 1. The Kier molecular flexibility index (Phi) is 4.36. The fourth-order valence-corrected chi connectivity index (χ4v) is 2.21. The van der Waals surface area contributed by atoms with Crippen molar-refractivity contribution in [3.63, 3.8) is 0 Å². The van der Waals surface area contributed by atoms with Gasteiger partial charge in [0.25, 0.3) is 0 Å². The molecule has 3 rings (SSSR count). The van der Waals surface area contributed by atoms with Crippen LogP contribution in [0.1, 0.15) is 26.6 Å². The molecule has 0 fully saturated rings. The second kappa shape index (κ2) is 6.64. The van der Waals surface area contributed by atoms with Gasteiger partial charge in [0.05, 0.1) is 11.9 Å². The van der Waals surface area contributed by atoms with E-state index in [1.165, 1.54) is 10.9 Å². The first-order valence-electron chi connectivity index (χ1n) is 7.70. The van der Waals surface area contributed by atoms with Gasteiger partial charge in [-0.05, 0) is 32.1 Å². The Bertz CT molecular complexity index is 1010. The molecule has 0 radical (unpaired) electrons. The first-order chi connectivity index (χ1) is 12.4. The quantitative estimate of drug-likeness (QED) is 0.686. The number of rotatable bonds is 3. The van der Waals surface area contributed by atoms with E-state index in [4.69, 9.17) is 4.74 Å². The molecule has 10 heteroatoms. The van der Waals surface area contributed by atoms with Gasteiger partial charge in [-0.3, -0.25) is 0 Å². The maximum Gasteiger partial charge on any atom is 0.435 e. The van der Waals surface area contributed by atoms with Crippen LogP contribution in [0.5, 0.6) is 0 Å². The summed E-state index contributed by atoms with van der Waals surface area (Å²) in [4.78, 5) is 12.4. The first kappa shape index (κ1) is 17.1. The van der Waals surface area contributed by atoms with Crippen molar-refractivity contribution in [2.75, 3.05) is 5.32 Å². The second-order valence-corrected chi connectivity index (χ2v) is 6.33. The first-order valence-corrected chi connectivity index (χ1v) is 7.70. The maximum absolute atomic E-state index is 12.4. The van der Waals surface area contributed by atoms with Crippen LogP contribution in [0.15, 0.2) is 30.6 Å². The van der Waals surface area contributed by atoms with E-state index in [9.17, 15) is 10.1 Å². The predicted molar refractivity (Wildman–Crippen MR) is 92.8 cm³/mol. The van der Waals surface area contributed by atoms with E-state index in [0.29, 0.717) is 11.2 Å². The Morgan fingerprint density at radius 1 is 1.42 bits per heavy atom. The highest BCUT2D eigenvalue weighted by atomic mass is 16.6. The molecule has 0 aliphatic carbocycles. The fraction of sp³-hybridized carbons (Fsp3) is 0.250. The molecular weight excluding hydrogens is 336 g/mol. The number of carbonyl (C=O) groups is 1. The van der Waals surface area contributed by atoms with Crippen LogP contribution in [0.4, 0.5) is 10.5 Å². The molecule has 1 aromatic carbocycles. The lowest BCUT2D eigenvalue weighted by Crippen LogP contribution is -2.27. The molecule has 3 aromatic rings. The van der Waals surface area contributed by atoms with Gasteiger partial charge in [0.15, 0.2) is 0 Å². The molecule has 0 aliphatic rings. The van der Waals surface area contributed by atoms with Gasteiger partial charge in [-0.2, -0.15) is 20.3 Å². The minimum absolute atomic E-state index is 0.160. The van der Waals surface area contributed by atoms with Crippen molar-refractivity contribution in [1.29, 1.82) is 5.26 Å². The van der Waals surface area contributed by atoms with Crippen molar-refractivity contribution < 1.29 is 9.53 Å². The second-order valence-electron chi connectivity index (χ2n) is 6.33. The molecule has 0 amide bonds. The number of allylic oxidation sites excluding steroid dienone is 1. The van der Waals surface area contributed by atoms with Gasteiger partial charge in [-0.1, -0.05) is 12.1 Å². The highest BCUT2D eigenvalue weighted by molar-refractivity contribution is 5.97. The number of anilines is 1. The summed E-state index contributed by atoms with van der Waals surface area (Å²) in [6, 6.07) is 7.37. The Labute approximate surface area is 148 Å². The van der Waals surface area contributed by atoms with Crippen molar-refractivity contribution in [1.82, 2.24) is 30.4 Å². The molecule has 0 saturated carbocycles. The largest absolute Gasteiger partial charge is 0.442 e. The highest BCUT2D eigenvalue weighted by Crippen LogP contribution is 2.25. The molecule has 0 atom stereocenters. The van der Waals surface area contributed by atoms with Gasteiger partial charge in [0.2, 0.25) is 5.82 Å². The number of para-hydroxylation sites is 1. The third kappa shape index (κ3) is 3.51. The monoisotopic (exact) mass is 352 g/mol. The van der Waals surface area contributed by atoms with Crippen molar-refractivity contribution in [3.8, 4) is 6.07 Å². The third-order valence-corrected chi connectivity index (χ3v) is 3.24. The summed E-state index contributed by atoms with van der Waals surface area (Å²) in [5.41, 5.74) is 0.633. The van der Waals surface area contributed by atoms with E-state index in [1.807, 2.05) is 12.1 Å². The van der Waals surface area contributed by atoms with Crippen molar-refractivity contribution in [2.24, 2.45) is 0 Å². The molecule has 10 nitrogen and oxygen atoms in total. The van der Waals surface area contributed by atoms with Gasteiger partial charge >= 0.3 is 6.09 Å². The molecule has 132 valence electrons. The van der Waals surface area contributed by atoms with Crippen LogP contribution in [0, 0.1) is 11.3 Å². The lowest BCUT2D eigenvalue weighted by Gasteiger charge is -2.19. The number of nitrogens with one attached hydrogen (secondary N) is 2. The molecule has 0 spiro atoms. The van der Waals surface area contributed by atoms with Gasteiger partial charge in [0.1, 0.15) is 22.8 Å². The van der Waals surface area contributed by atoms with Crippen molar-refractivity contribution in [2.45, 2.75) is 26.4 Å². The number of fused-ring (bicyclic) bond motifs is 1. The van der Waals surface area contributed by atoms with Crippen LogP contribution in [-0.4, -0.2) is 42.1 Å². The SMILES string of the molecule is CC(C)(C)OC(=O)n1ncc2cccc(NC=C(C#N)c3nn[nH]n3)c21. The van der Waals surface area contributed by atoms with E-state index >= 15 is 0 Å². The minimum atomic E-state index is -0.649. The van der Waals surface area contributed by atoms with Crippen LogP contribution in [-0.2, 0) is 4.74 Å². The van der Waals surface area contributed by atoms with Crippen LogP contribution in [0.25, 0.3) is 16.5 Å². The van der Waals surface area contributed by atoms with Crippen LogP contribution >= 0.6 is 0 Å². The minimum Gasteiger partial charge on any atom is -0.442 e. The summed E-state index contributed by atoms with van der Waals surface area (Å²) in [6.45, 7) is 5.34. The average Bonchev–Trinajstić information content (AvgIpc) is 3.23. The zero-order valence-electron chi connectivity index (χ0n) is 14.4. The number of tetrazole rings is 1. The molecular formula is C16H16N8O2. The van der Waals surface area contributed by atoms with Crippen LogP contribution in [0.3, 0.4) is 0 Å². The Hall–Kier alpha value is -3.74. The lowest BCUT2D eigenvalue weighted by molar-refractivity contribution is 0.0523. The molecule has 26 heavy (non-hydrogen) atoms. The molecule has 0 bridgehead atoms. The predicted octanol–water partition coefficient (Wildman–Crippen LogP) is 2.31. The number of carbonyl (C=O) groups excluding carboxylic acids is 1. The van der Waals surface area contributed by atoms with E-state index in [2.05, 4.69) is 31.0 Å².